The first-order valence-electron chi connectivity index (χ1n) is 6.13. The van der Waals surface area contributed by atoms with E-state index in [1.165, 1.54) is 36.8 Å². The highest BCUT2D eigenvalue weighted by molar-refractivity contribution is 5.36. The van der Waals surface area contributed by atoms with Gasteiger partial charge >= 0.3 is 0 Å². The predicted molar refractivity (Wildman–Crippen MR) is 67.2 cm³/mol. The van der Waals surface area contributed by atoms with E-state index in [0.717, 1.165) is 13.0 Å². The largest absolute Gasteiger partial charge is 0.330 e. The fourth-order valence-electron chi connectivity index (χ4n) is 2.15. The molecule has 1 aromatic carbocycles. The topological polar surface area (TPSA) is 26.0 Å². The maximum Gasteiger partial charge on any atom is -0.00366 e. The van der Waals surface area contributed by atoms with Gasteiger partial charge in [0.2, 0.25) is 0 Å². The highest BCUT2D eigenvalue weighted by atomic mass is 14.5. The third-order valence-corrected chi connectivity index (χ3v) is 2.80. The zero-order valence-electron chi connectivity index (χ0n) is 10.1. The van der Waals surface area contributed by atoms with Crippen LogP contribution in [0.1, 0.15) is 43.4 Å². The Labute approximate surface area is 93.7 Å². The number of rotatable bonds is 6. The second kappa shape index (κ2) is 6.62. The molecular weight excluding hydrogens is 182 g/mol. The molecule has 0 atom stereocenters. The van der Waals surface area contributed by atoms with Crippen molar-refractivity contribution in [2.24, 2.45) is 5.73 Å². The van der Waals surface area contributed by atoms with Crippen LogP contribution in [0.4, 0.5) is 0 Å². The third-order valence-electron chi connectivity index (χ3n) is 2.80. The molecule has 84 valence electrons. The number of aryl methyl sites for hydroxylation is 1. The van der Waals surface area contributed by atoms with Crippen LogP contribution in [0.25, 0.3) is 0 Å². The fraction of sp³-hybridized carbons (Fsp3) is 0.571. The monoisotopic (exact) mass is 205 g/mol. The maximum absolute atomic E-state index is 5.65. The van der Waals surface area contributed by atoms with Crippen LogP contribution in [0.5, 0.6) is 0 Å². The molecule has 0 aliphatic carbocycles. The van der Waals surface area contributed by atoms with Crippen LogP contribution in [-0.4, -0.2) is 6.54 Å². The first kappa shape index (κ1) is 12.3. The molecule has 0 saturated heterocycles. The smallest absolute Gasteiger partial charge is 0.00366 e. The van der Waals surface area contributed by atoms with Crippen molar-refractivity contribution in [3.8, 4) is 0 Å². The molecule has 1 aromatic rings. The van der Waals surface area contributed by atoms with Gasteiger partial charge in [0.25, 0.3) is 0 Å². The molecule has 0 radical (unpaired) electrons. The van der Waals surface area contributed by atoms with Gasteiger partial charge in [0.1, 0.15) is 0 Å². The van der Waals surface area contributed by atoms with Crippen molar-refractivity contribution < 1.29 is 0 Å². The number of benzene rings is 1. The van der Waals surface area contributed by atoms with Gasteiger partial charge in [-0.05, 0) is 42.5 Å². The summed E-state index contributed by atoms with van der Waals surface area (Å²) in [6.45, 7) is 5.24. The van der Waals surface area contributed by atoms with Crippen molar-refractivity contribution >= 4 is 0 Å². The number of hydrogen-bond donors (Lipinski definition) is 1. The van der Waals surface area contributed by atoms with E-state index in [-0.39, 0.29) is 0 Å². The second-order valence-electron chi connectivity index (χ2n) is 4.09. The summed E-state index contributed by atoms with van der Waals surface area (Å²) in [5, 5.41) is 0. The van der Waals surface area contributed by atoms with E-state index in [2.05, 4.69) is 32.0 Å². The van der Waals surface area contributed by atoms with Crippen molar-refractivity contribution in [1.29, 1.82) is 0 Å². The minimum Gasteiger partial charge on any atom is -0.330 e. The Morgan fingerprint density at radius 2 is 1.53 bits per heavy atom. The van der Waals surface area contributed by atoms with E-state index in [9.17, 15) is 0 Å². The standard InChI is InChI=1S/C14H23N/c1-3-6-12-8-5-9-13(10-11-15)14(12)7-4-2/h5,8-9H,3-4,6-7,10-11,15H2,1-2H3. The molecule has 1 heteroatoms. The Morgan fingerprint density at radius 1 is 0.933 bits per heavy atom. The molecule has 2 N–H and O–H groups in total. The highest BCUT2D eigenvalue weighted by Gasteiger charge is 2.06. The summed E-state index contributed by atoms with van der Waals surface area (Å²) in [5.74, 6) is 0. The number of nitrogens with two attached hydrogens (primary N) is 1. The molecule has 0 spiro atoms. The Balaban J connectivity index is 2.97. The van der Waals surface area contributed by atoms with E-state index in [0.29, 0.717) is 0 Å². The summed E-state index contributed by atoms with van der Waals surface area (Å²) in [4.78, 5) is 0. The summed E-state index contributed by atoms with van der Waals surface area (Å²) in [7, 11) is 0. The molecule has 15 heavy (non-hydrogen) atoms. The average molecular weight is 205 g/mol. The zero-order chi connectivity index (χ0) is 11.1. The lowest BCUT2D eigenvalue weighted by Gasteiger charge is -2.13. The van der Waals surface area contributed by atoms with Crippen LogP contribution < -0.4 is 5.73 Å². The lowest BCUT2D eigenvalue weighted by atomic mass is 9.93. The lowest BCUT2D eigenvalue weighted by molar-refractivity contribution is 0.835. The summed E-state index contributed by atoms with van der Waals surface area (Å²) < 4.78 is 0. The van der Waals surface area contributed by atoms with Gasteiger partial charge in [-0.1, -0.05) is 44.9 Å². The van der Waals surface area contributed by atoms with E-state index in [1.54, 1.807) is 5.56 Å². The van der Waals surface area contributed by atoms with E-state index in [1.807, 2.05) is 0 Å². The van der Waals surface area contributed by atoms with Crippen LogP contribution >= 0.6 is 0 Å². The molecular formula is C14H23N. The van der Waals surface area contributed by atoms with Crippen molar-refractivity contribution in [3.63, 3.8) is 0 Å². The third kappa shape index (κ3) is 3.35. The van der Waals surface area contributed by atoms with Gasteiger partial charge in [0, 0.05) is 0 Å². The minimum absolute atomic E-state index is 0.756. The van der Waals surface area contributed by atoms with Crippen LogP contribution in [0.15, 0.2) is 18.2 Å². The quantitative estimate of drug-likeness (QED) is 0.759. The van der Waals surface area contributed by atoms with Crippen molar-refractivity contribution in [2.45, 2.75) is 46.0 Å². The Kier molecular flexibility index (Phi) is 5.41. The molecule has 0 aliphatic heterocycles. The van der Waals surface area contributed by atoms with Gasteiger partial charge < -0.3 is 5.73 Å². The first-order valence-corrected chi connectivity index (χ1v) is 6.13. The Hall–Kier alpha value is -0.820. The minimum atomic E-state index is 0.756. The normalized spacial score (nSPS) is 10.6. The maximum atomic E-state index is 5.65. The molecule has 1 nitrogen and oxygen atoms in total. The lowest BCUT2D eigenvalue weighted by Crippen LogP contribution is -2.07. The predicted octanol–water partition coefficient (Wildman–Crippen LogP) is 3.09. The van der Waals surface area contributed by atoms with Gasteiger partial charge in [0.15, 0.2) is 0 Å². The van der Waals surface area contributed by atoms with Crippen LogP contribution in [-0.2, 0) is 19.3 Å². The molecule has 0 heterocycles. The van der Waals surface area contributed by atoms with Crippen LogP contribution in [0.2, 0.25) is 0 Å². The summed E-state index contributed by atoms with van der Waals surface area (Å²) >= 11 is 0. The van der Waals surface area contributed by atoms with Gasteiger partial charge in [-0.3, -0.25) is 0 Å². The highest BCUT2D eigenvalue weighted by Crippen LogP contribution is 2.19. The fourth-order valence-corrected chi connectivity index (χ4v) is 2.15. The molecule has 0 aliphatic rings. The molecule has 0 bridgehead atoms. The van der Waals surface area contributed by atoms with Crippen molar-refractivity contribution in [1.82, 2.24) is 0 Å². The summed E-state index contributed by atoms with van der Waals surface area (Å²) in [6.07, 6.45) is 5.87. The average Bonchev–Trinajstić information content (AvgIpc) is 2.23. The van der Waals surface area contributed by atoms with E-state index >= 15 is 0 Å². The molecule has 0 amide bonds. The second-order valence-corrected chi connectivity index (χ2v) is 4.09. The zero-order valence-corrected chi connectivity index (χ0v) is 10.1. The Bertz CT molecular complexity index is 267. The SMILES string of the molecule is CCCc1cccc(CCN)c1CCC. The summed E-state index contributed by atoms with van der Waals surface area (Å²) in [6, 6.07) is 6.68. The Morgan fingerprint density at radius 3 is 2.07 bits per heavy atom. The van der Waals surface area contributed by atoms with Gasteiger partial charge in [-0.15, -0.1) is 0 Å². The molecule has 0 saturated carbocycles. The van der Waals surface area contributed by atoms with E-state index in [4.69, 9.17) is 5.73 Å². The molecule has 0 unspecified atom stereocenters. The van der Waals surface area contributed by atoms with Crippen LogP contribution in [0.3, 0.4) is 0 Å². The first-order chi connectivity index (χ1) is 7.33. The van der Waals surface area contributed by atoms with Gasteiger partial charge in [0.05, 0.1) is 0 Å². The molecule has 1 rings (SSSR count). The molecule has 0 fully saturated rings. The van der Waals surface area contributed by atoms with Crippen molar-refractivity contribution in [2.75, 3.05) is 6.54 Å². The van der Waals surface area contributed by atoms with Crippen LogP contribution in [0, 0.1) is 0 Å². The molecule has 0 aromatic heterocycles. The summed E-state index contributed by atoms with van der Waals surface area (Å²) in [5.41, 5.74) is 10.2. The van der Waals surface area contributed by atoms with Crippen molar-refractivity contribution in [3.05, 3.63) is 34.9 Å². The number of hydrogen-bond acceptors (Lipinski definition) is 1. The van der Waals surface area contributed by atoms with E-state index < -0.39 is 0 Å². The van der Waals surface area contributed by atoms with Gasteiger partial charge in [-0.2, -0.15) is 0 Å². The van der Waals surface area contributed by atoms with Gasteiger partial charge in [-0.25, -0.2) is 0 Å².